The van der Waals surface area contributed by atoms with Crippen molar-refractivity contribution < 1.29 is 0 Å². The summed E-state index contributed by atoms with van der Waals surface area (Å²) in [6.07, 6.45) is 2.81. The number of nitrogens with zero attached hydrogens (tertiary/aromatic N) is 2. The number of rotatable bonds is 5. The summed E-state index contributed by atoms with van der Waals surface area (Å²) in [4.78, 5) is 0. The number of aryl methyl sites for hydroxylation is 1. The van der Waals surface area contributed by atoms with Gasteiger partial charge in [-0.3, -0.25) is 16.0 Å². The fourth-order valence-electron chi connectivity index (χ4n) is 2.18. The van der Waals surface area contributed by atoms with E-state index >= 15 is 0 Å². The largest absolute Gasteiger partial charge is 0.271 e. The van der Waals surface area contributed by atoms with Gasteiger partial charge >= 0.3 is 0 Å². The fourth-order valence-corrected chi connectivity index (χ4v) is 2.92. The van der Waals surface area contributed by atoms with Gasteiger partial charge < -0.3 is 0 Å². The van der Waals surface area contributed by atoms with Crippen LogP contribution in [0.2, 0.25) is 0 Å². The molecule has 2 aromatic rings. The average Bonchev–Trinajstić information content (AvgIpc) is 2.88. The first-order chi connectivity index (χ1) is 9.52. The Morgan fingerprint density at radius 1 is 1.35 bits per heavy atom. The van der Waals surface area contributed by atoms with Crippen LogP contribution in [0.1, 0.15) is 42.8 Å². The van der Waals surface area contributed by atoms with Crippen LogP contribution in [0.15, 0.2) is 30.5 Å². The minimum Gasteiger partial charge on any atom is -0.271 e. The number of hydrogen-bond donors (Lipinski definition) is 2. The summed E-state index contributed by atoms with van der Waals surface area (Å²) in [5.41, 5.74) is 6.48. The number of halogens is 1. The summed E-state index contributed by atoms with van der Waals surface area (Å²) in [5.74, 6) is 5.75. The first-order valence-electron chi connectivity index (χ1n) is 6.78. The Bertz CT molecular complexity index is 577. The number of nitrogens with two attached hydrogens (primary N) is 1. The maximum absolute atomic E-state index is 5.75. The third kappa shape index (κ3) is 3.39. The van der Waals surface area contributed by atoms with Crippen molar-refractivity contribution in [1.82, 2.24) is 15.2 Å². The molecule has 0 aliphatic carbocycles. The molecule has 0 spiro atoms. The van der Waals surface area contributed by atoms with Crippen LogP contribution in [0.3, 0.4) is 0 Å². The topological polar surface area (TPSA) is 55.9 Å². The molecular weight excluding hydrogens is 363 g/mol. The molecule has 0 amide bonds. The lowest BCUT2D eigenvalue weighted by molar-refractivity contribution is 0.506. The second-order valence-electron chi connectivity index (χ2n) is 5.28. The summed E-state index contributed by atoms with van der Waals surface area (Å²) >= 11 is 2.38. The van der Waals surface area contributed by atoms with E-state index in [1.807, 2.05) is 10.9 Å². The molecule has 0 radical (unpaired) electrons. The predicted molar refractivity (Wildman–Crippen MR) is 90.3 cm³/mol. The van der Waals surface area contributed by atoms with Crippen molar-refractivity contribution in [3.63, 3.8) is 0 Å². The monoisotopic (exact) mass is 384 g/mol. The summed E-state index contributed by atoms with van der Waals surface area (Å²) in [7, 11) is 0. The lowest BCUT2D eigenvalue weighted by atomic mass is 10.0. The van der Waals surface area contributed by atoms with Gasteiger partial charge in [0.1, 0.15) is 0 Å². The van der Waals surface area contributed by atoms with Gasteiger partial charge in [-0.15, -0.1) is 0 Å². The Labute approximate surface area is 133 Å². The number of nitrogens with one attached hydrogen (secondary N) is 1. The maximum Gasteiger partial charge on any atom is 0.0644 e. The summed E-state index contributed by atoms with van der Waals surface area (Å²) in [6.45, 7) is 6.37. The molecule has 0 bridgehead atoms. The Morgan fingerprint density at radius 2 is 2.10 bits per heavy atom. The summed E-state index contributed by atoms with van der Waals surface area (Å²) in [6, 6.07) is 8.84. The Balaban J connectivity index is 2.22. The predicted octanol–water partition coefficient (Wildman–Crippen LogP) is 3.12. The van der Waals surface area contributed by atoms with E-state index in [2.05, 4.69) is 78.2 Å². The Morgan fingerprint density at radius 3 is 2.70 bits per heavy atom. The van der Waals surface area contributed by atoms with Crippen molar-refractivity contribution >= 4 is 22.6 Å². The normalized spacial score (nSPS) is 12.9. The summed E-state index contributed by atoms with van der Waals surface area (Å²) in [5, 5.41) is 4.59. The van der Waals surface area contributed by atoms with Gasteiger partial charge in [-0.25, -0.2) is 0 Å². The second kappa shape index (κ2) is 6.69. The van der Waals surface area contributed by atoms with Crippen molar-refractivity contribution in [3.05, 3.63) is 50.9 Å². The molecule has 1 aromatic carbocycles. The fraction of sp³-hybridized carbons (Fsp3) is 0.400. The van der Waals surface area contributed by atoms with E-state index in [9.17, 15) is 0 Å². The highest BCUT2D eigenvalue weighted by Gasteiger charge is 2.16. The van der Waals surface area contributed by atoms with Gasteiger partial charge in [0.05, 0.1) is 11.7 Å². The van der Waals surface area contributed by atoms with Gasteiger partial charge in [0.2, 0.25) is 0 Å². The smallest absolute Gasteiger partial charge is 0.0644 e. The van der Waals surface area contributed by atoms with Gasteiger partial charge in [-0.2, -0.15) is 5.10 Å². The van der Waals surface area contributed by atoms with Crippen LogP contribution in [-0.2, 0) is 6.42 Å². The van der Waals surface area contributed by atoms with Crippen molar-refractivity contribution in [2.24, 2.45) is 5.84 Å². The molecule has 0 aliphatic rings. The van der Waals surface area contributed by atoms with Gasteiger partial charge in [0, 0.05) is 22.2 Å². The molecule has 2 rings (SSSR count). The van der Waals surface area contributed by atoms with Crippen LogP contribution in [0.5, 0.6) is 0 Å². The molecule has 1 atom stereocenters. The third-order valence-corrected chi connectivity index (χ3v) is 4.88. The van der Waals surface area contributed by atoms with Crippen LogP contribution in [0.25, 0.3) is 0 Å². The number of aromatic nitrogens is 2. The lowest BCUT2D eigenvalue weighted by Gasteiger charge is -2.18. The molecule has 3 N–H and O–H groups in total. The van der Waals surface area contributed by atoms with Crippen LogP contribution < -0.4 is 11.3 Å². The van der Waals surface area contributed by atoms with Crippen molar-refractivity contribution in [3.8, 4) is 0 Å². The van der Waals surface area contributed by atoms with Crippen LogP contribution in [0.4, 0.5) is 0 Å². The molecule has 1 heterocycles. The molecule has 5 heteroatoms. The molecule has 0 aliphatic heterocycles. The summed E-state index contributed by atoms with van der Waals surface area (Å²) < 4.78 is 3.24. The van der Waals surface area contributed by atoms with E-state index in [1.54, 1.807) is 0 Å². The lowest BCUT2D eigenvalue weighted by Crippen LogP contribution is -2.30. The van der Waals surface area contributed by atoms with E-state index < -0.39 is 0 Å². The highest BCUT2D eigenvalue weighted by molar-refractivity contribution is 14.1. The zero-order valence-electron chi connectivity index (χ0n) is 12.1. The second-order valence-corrected chi connectivity index (χ2v) is 6.36. The first-order valence-corrected chi connectivity index (χ1v) is 7.86. The molecule has 0 saturated heterocycles. The number of benzene rings is 1. The van der Waals surface area contributed by atoms with Gasteiger partial charge in [0.15, 0.2) is 0 Å². The van der Waals surface area contributed by atoms with E-state index in [4.69, 9.17) is 5.84 Å². The minimum absolute atomic E-state index is 0.0808. The highest BCUT2D eigenvalue weighted by atomic mass is 127. The number of hydrogen-bond acceptors (Lipinski definition) is 3. The van der Waals surface area contributed by atoms with E-state index in [0.29, 0.717) is 6.04 Å². The first kappa shape index (κ1) is 15.5. The number of hydrazine groups is 1. The molecule has 108 valence electrons. The van der Waals surface area contributed by atoms with Gasteiger partial charge in [-0.05, 0) is 60.6 Å². The third-order valence-electron chi connectivity index (χ3n) is 3.40. The molecule has 0 saturated carbocycles. The van der Waals surface area contributed by atoms with Crippen LogP contribution >= 0.6 is 22.6 Å². The molecule has 1 unspecified atom stereocenters. The zero-order chi connectivity index (χ0) is 14.7. The van der Waals surface area contributed by atoms with E-state index in [-0.39, 0.29) is 6.04 Å². The SMILES string of the molecule is Cc1cccc(C(Cc2ccn(C(C)C)n2)NN)c1I. The molecule has 0 fully saturated rings. The van der Waals surface area contributed by atoms with Crippen molar-refractivity contribution in [1.29, 1.82) is 0 Å². The zero-order valence-corrected chi connectivity index (χ0v) is 14.3. The molecular formula is C15H21IN4. The Hall–Kier alpha value is -0.920. The molecule has 4 nitrogen and oxygen atoms in total. The standard InChI is InChI=1S/C15H21IN4/c1-10(2)20-8-7-12(19-20)9-14(18-17)13-6-4-5-11(3)15(13)16/h4-8,10,14,18H,9,17H2,1-3H3. The van der Waals surface area contributed by atoms with Crippen LogP contribution in [0, 0.1) is 10.5 Å². The van der Waals surface area contributed by atoms with Gasteiger partial charge in [0.25, 0.3) is 0 Å². The molecule has 20 heavy (non-hydrogen) atoms. The minimum atomic E-state index is 0.0808. The van der Waals surface area contributed by atoms with E-state index in [1.165, 1.54) is 14.7 Å². The van der Waals surface area contributed by atoms with Crippen molar-refractivity contribution in [2.75, 3.05) is 0 Å². The molecule has 1 aromatic heterocycles. The van der Waals surface area contributed by atoms with Gasteiger partial charge in [-0.1, -0.05) is 18.2 Å². The van der Waals surface area contributed by atoms with Crippen LogP contribution in [-0.4, -0.2) is 9.78 Å². The maximum atomic E-state index is 5.75. The van der Waals surface area contributed by atoms with Crippen molar-refractivity contribution in [2.45, 2.75) is 39.3 Å². The van der Waals surface area contributed by atoms with E-state index in [0.717, 1.165) is 12.1 Å². The average molecular weight is 384 g/mol. The quantitative estimate of drug-likeness (QED) is 0.473. The Kier molecular flexibility index (Phi) is 5.17. The highest BCUT2D eigenvalue weighted by Crippen LogP contribution is 2.25.